The number of anilines is 1. The van der Waals surface area contributed by atoms with Gasteiger partial charge in [-0.25, -0.2) is 8.42 Å². The summed E-state index contributed by atoms with van der Waals surface area (Å²) in [5, 5.41) is 3.82. The largest absolute Gasteiger partial charge is 0.493 e. The van der Waals surface area contributed by atoms with Crippen LogP contribution in [0.15, 0.2) is 28.8 Å². The first kappa shape index (κ1) is 13.7. The van der Waals surface area contributed by atoms with E-state index in [1.54, 1.807) is 24.3 Å². The fraction of sp³-hybridized carbons (Fsp3) is 0.308. The Kier molecular flexibility index (Phi) is 3.25. The van der Waals surface area contributed by atoms with E-state index in [1.165, 1.54) is 7.11 Å². The summed E-state index contributed by atoms with van der Waals surface area (Å²) in [5.74, 6) is 1.30. The minimum absolute atomic E-state index is 0.0394. The molecule has 1 aliphatic heterocycles. The normalized spacial score (nSPS) is 17.2. The Labute approximate surface area is 121 Å². The summed E-state index contributed by atoms with van der Waals surface area (Å²) in [6, 6.07) is 6.83. The maximum atomic E-state index is 11.1. The molecule has 0 spiro atoms. The van der Waals surface area contributed by atoms with E-state index in [2.05, 4.69) is 5.16 Å². The summed E-state index contributed by atoms with van der Waals surface area (Å²) in [5.41, 5.74) is 6.84. The van der Waals surface area contributed by atoms with Crippen LogP contribution in [0.3, 0.4) is 0 Å². The number of sulfone groups is 1. The van der Waals surface area contributed by atoms with Crippen LogP contribution >= 0.6 is 0 Å². The van der Waals surface area contributed by atoms with Crippen LogP contribution in [-0.2, 0) is 9.84 Å². The zero-order chi connectivity index (χ0) is 15.0. The fourth-order valence-corrected chi connectivity index (χ4v) is 3.29. The van der Waals surface area contributed by atoms with Crippen LogP contribution < -0.4 is 15.2 Å². The number of nitrogen functional groups attached to an aromatic ring is 1. The Morgan fingerprint density at radius 1 is 1.29 bits per heavy atom. The fourth-order valence-electron chi connectivity index (χ4n) is 2.11. The first-order valence-corrected chi connectivity index (χ1v) is 8.07. The summed E-state index contributed by atoms with van der Waals surface area (Å²) in [4.78, 5) is 0. The smallest absolute Gasteiger partial charge is 0.222 e. The molecule has 0 aliphatic carbocycles. The molecule has 2 aromatic rings. The van der Waals surface area contributed by atoms with Crippen molar-refractivity contribution in [2.24, 2.45) is 0 Å². The molecule has 1 aromatic carbocycles. The number of nitrogens with zero attached hydrogens (tertiary/aromatic N) is 1. The van der Waals surface area contributed by atoms with Crippen molar-refractivity contribution in [2.45, 2.75) is 6.10 Å². The molecule has 1 aromatic heterocycles. The molecule has 1 fully saturated rings. The second-order valence-electron chi connectivity index (χ2n) is 4.80. The zero-order valence-electron chi connectivity index (χ0n) is 11.3. The molecule has 0 saturated carbocycles. The van der Waals surface area contributed by atoms with E-state index in [9.17, 15) is 8.42 Å². The molecule has 112 valence electrons. The van der Waals surface area contributed by atoms with Gasteiger partial charge in [-0.3, -0.25) is 0 Å². The molecule has 0 atom stereocenters. The van der Waals surface area contributed by atoms with Gasteiger partial charge in [0.25, 0.3) is 0 Å². The number of rotatable bonds is 4. The number of aromatic nitrogens is 1. The molecule has 0 radical (unpaired) electrons. The number of benzene rings is 1. The SMILES string of the molecule is COc1cc(-c2cc(N)on2)ccc1OC1CS(=O)(=O)C1. The molecule has 2 heterocycles. The van der Waals surface area contributed by atoms with Crippen LogP contribution in [0.4, 0.5) is 5.88 Å². The van der Waals surface area contributed by atoms with Crippen molar-refractivity contribution in [2.75, 3.05) is 24.3 Å². The molecule has 1 saturated heterocycles. The van der Waals surface area contributed by atoms with Crippen LogP contribution in [0.1, 0.15) is 0 Å². The summed E-state index contributed by atoms with van der Waals surface area (Å²) in [6.07, 6.45) is -0.322. The van der Waals surface area contributed by atoms with Gasteiger partial charge in [0.15, 0.2) is 21.3 Å². The lowest BCUT2D eigenvalue weighted by Crippen LogP contribution is -2.45. The standard InChI is InChI=1S/C13H14N2O5S/c1-18-12-4-8(10-5-13(14)20-15-10)2-3-11(12)19-9-6-21(16,17)7-9/h2-5,9H,6-7,14H2,1H3. The minimum Gasteiger partial charge on any atom is -0.493 e. The van der Waals surface area contributed by atoms with Crippen LogP contribution in [0, 0.1) is 0 Å². The quantitative estimate of drug-likeness (QED) is 0.901. The van der Waals surface area contributed by atoms with E-state index in [1.807, 2.05) is 0 Å². The van der Waals surface area contributed by atoms with Gasteiger partial charge in [-0.2, -0.15) is 0 Å². The average molecular weight is 310 g/mol. The van der Waals surface area contributed by atoms with E-state index in [4.69, 9.17) is 19.7 Å². The van der Waals surface area contributed by atoms with E-state index in [0.29, 0.717) is 17.2 Å². The van der Waals surface area contributed by atoms with E-state index >= 15 is 0 Å². The van der Waals surface area contributed by atoms with Gasteiger partial charge in [0.2, 0.25) is 5.88 Å². The van der Waals surface area contributed by atoms with Crippen molar-refractivity contribution in [3.05, 3.63) is 24.3 Å². The van der Waals surface area contributed by atoms with E-state index in [0.717, 1.165) is 5.56 Å². The summed E-state index contributed by atoms with van der Waals surface area (Å²) in [6.45, 7) is 0. The molecule has 0 unspecified atom stereocenters. The average Bonchev–Trinajstić information content (AvgIpc) is 2.84. The van der Waals surface area contributed by atoms with Gasteiger partial charge in [-0.15, -0.1) is 0 Å². The Balaban J connectivity index is 1.82. The molecule has 0 bridgehead atoms. The highest BCUT2D eigenvalue weighted by Crippen LogP contribution is 2.34. The highest BCUT2D eigenvalue weighted by Gasteiger charge is 2.35. The third-order valence-corrected chi connectivity index (χ3v) is 4.92. The van der Waals surface area contributed by atoms with E-state index in [-0.39, 0.29) is 23.5 Å². The lowest BCUT2D eigenvalue weighted by atomic mass is 10.1. The Morgan fingerprint density at radius 2 is 2.05 bits per heavy atom. The predicted molar refractivity (Wildman–Crippen MR) is 76.0 cm³/mol. The lowest BCUT2D eigenvalue weighted by molar-refractivity contribution is 0.219. The first-order chi connectivity index (χ1) is 9.97. The first-order valence-electron chi connectivity index (χ1n) is 6.24. The summed E-state index contributed by atoms with van der Waals surface area (Å²) in [7, 11) is -1.41. The van der Waals surface area contributed by atoms with Gasteiger partial charge in [-0.1, -0.05) is 5.16 Å². The summed E-state index contributed by atoms with van der Waals surface area (Å²) < 4.78 is 38.0. The monoisotopic (exact) mass is 310 g/mol. The second kappa shape index (κ2) is 4.96. The van der Waals surface area contributed by atoms with Crippen LogP contribution in [0.25, 0.3) is 11.3 Å². The van der Waals surface area contributed by atoms with Gasteiger partial charge in [0, 0.05) is 11.6 Å². The third-order valence-electron chi connectivity index (χ3n) is 3.16. The Hall–Kier alpha value is -2.22. The number of nitrogens with two attached hydrogens (primary N) is 1. The van der Waals surface area contributed by atoms with Gasteiger partial charge < -0.3 is 19.7 Å². The van der Waals surface area contributed by atoms with Crippen molar-refractivity contribution in [1.29, 1.82) is 0 Å². The molecular formula is C13H14N2O5S. The van der Waals surface area contributed by atoms with Gasteiger partial charge in [0.1, 0.15) is 11.8 Å². The molecule has 21 heavy (non-hydrogen) atoms. The van der Waals surface area contributed by atoms with Crippen molar-refractivity contribution in [1.82, 2.24) is 5.16 Å². The minimum atomic E-state index is -2.92. The van der Waals surface area contributed by atoms with Crippen LogP contribution in [0.2, 0.25) is 0 Å². The predicted octanol–water partition coefficient (Wildman–Crippen LogP) is 1.11. The maximum absolute atomic E-state index is 11.1. The van der Waals surface area contributed by atoms with E-state index < -0.39 is 9.84 Å². The molecule has 8 heteroatoms. The molecule has 0 amide bonds. The van der Waals surface area contributed by atoms with Crippen molar-refractivity contribution in [3.63, 3.8) is 0 Å². The third kappa shape index (κ3) is 2.80. The topological polar surface area (TPSA) is 105 Å². The van der Waals surface area contributed by atoms with Gasteiger partial charge in [0.05, 0.1) is 18.6 Å². The van der Waals surface area contributed by atoms with Crippen molar-refractivity contribution in [3.8, 4) is 22.8 Å². The summed E-state index contributed by atoms with van der Waals surface area (Å²) >= 11 is 0. The number of hydrogen-bond donors (Lipinski definition) is 1. The maximum Gasteiger partial charge on any atom is 0.222 e. The molecule has 3 rings (SSSR count). The van der Waals surface area contributed by atoms with Gasteiger partial charge in [-0.05, 0) is 18.2 Å². The van der Waals surface area contributed by atoms with Crippen molar-refractivity contribution < 1.29 is 22.4 Å². The number of methoxy groups -OCH3 is 1. The van der Waals surface area contributed by atoms with Gasteiger partial charge >= 0.3 is 0 Å². The lowest BCUT2D eigenvalue weighted by Gasteiger charge is -2.27. The number of hydrogen-bond acceptors (Lipinski definition) is 7. The highest BCUT2D eigenvalue weighted by molar-refractivity contribution is 7.92. The molecule has 2 N–H and O–H groups in total. The molecule has 1 aliphatic rings. The second-order valence-corrected chi connectivity index (χ2v) is 6.95. The molecule has 7 nitrogen and oxygen atoms in total. The van der Waals surface area contributed by atoms with Crippen molar-refractivity contribution >= 4 is 15.7 Å². The van der Waals surface area contributed by atoms with Crippen LogP contribution in [-0.4, -0.2) is 38.3 Å². The van der Waals surface area contributed by atoms with Crippen LogP contribution in [0.5, 0.6) is 11.5 Å². The Bertz CT molecular complexity index is 757. The highest BCUT2D eigenvalue weighted by atomic mass is 32.2. The number of ether oxygens (including phenoxy) is 2. The molecular weight excluding hydrogens is 296 g/mol. The Morgan fingerprint density at radius 3 is 2.62 bits per heavy atom. The zero-order valence-corrected chi connectivity index (χ0v) is 12.1.